The van der Waals surface area contributed by atoms with Gasteiger partial charge in [0.25, 0.3) is 23.4 Å². The summed E-state index contributed by atoms with van der Waals surface area (Å²) in [6.07, 6.45) is 0.691. The summed E-state index contributed by atoms with van der Waals surface area (Å²) in [5.41, 5.74) is 0.394. The average Bonchev–Trinajstić information content (AvgIpc) is 2.90. The van der Waals surface area contributed by atoms with Gasteiger partial charge in [0, 0.05) is 18.2 Å². The van der Waals surface area contributed by atoms with Gasteiger partial charge in [0.05, 0.1) is 16.1 Å². The van der Waals surface area contributed by atoms with Gasteiger partial charge >= 0.3 is 0 Å². The molecule has 1 heterocycles. The van der Waals surface area contributed by atoms with Crippen molar-refractivity contribution in [3.05, 3.63) is 69.3 Å². The van der Waals surface area contributed by atoms with Crippen molar-refractivity contribution in [3.63, 3.8) is 0 Å². The van der Waals surface area contributed by atoms with Crippen LogP contribution in [0.5, 0.6) is 0 Å². The second kappa shape index (κ2) is 7.59. The third kappa shape index (κ3) is 3.62. The number of nitro benzene ring substituents is 1. The summed E-state index contributed by atoms with van der Waals surface area (Å²) in [7, 11) is 0. The number of carbonyl (C=O) groups is 3. The average molecular weight is 381 g/mol. The van der Waals surface area contributed by atoms with Gasteiger partial charge < -0.3 is 5.32 Å². The predicted molar refractivity (Wildman–Crippen MR) is 102 cm³/mol. The Bertz CT molecular complexity index is 984. The highest BCUT2D eigenvalue weighted by Gasteiger charge is 2.35. The zero-order valence-corrected chi connectivity index (χ0v) is 15.5. The number of nitrogens with zero attached hydrogens (tertiary/aromatic N) is 2. The first-order valence-corrected chi connectivity index (χ1v) is 8.84. The van der Waals surface area contributed by atoms with Crippen LogP contribution in [0.25, 0.3) is 0 Å². The molecule has 8 nitrogen and oxygen atoms in total. The molecule has 0 spiro atoms. The van der Waals surface area contributed by atoms with Crippen molar-refractivity contribution in [2.75, 3.05) is 11.9 Å². The third-order valence-electron chi connectivity index (χ3n) is 4.51. The Labute approximate surface area is 161 Å². The monoisotopic (exact) mass is 381 g/mol. The fraction of sp³-hybridized carbons (Fsp3) is 0.250. The molecule has 0 aromatic heterocycles. The van der Waals surface area contributed by atoms with E-state index in [0.717, 1.165) is 0 Å². The number of rotatable bonds is 6. The van der Waals surface area contributed by atoms with Crippen LogP contribution in [0.4, 0.5) is 11.4 Å². The number of imide groups is 1. The number of anilines is 1. The molecule has 0 unspecified atom stereocenters. The van der Waals surface area contributed by atoms with Gasteiger partial charge in [-0.15, -0.1) is 0 Å². The standard InChI is InChI=1S/C20H19N3O5/c1-12(2)9-10-22-19(25)14-8-7-13(11-15(14)20(22)26)18(24)21-16-5-3-4-6-17(16)23(27)28/h3-8,11-12H,9-10H2,1-2H3,(H,21,24). The molecule has 0 aliphatic carbocycles. The largest absolute Gasteiger partial charge is 0.316 e. The Morgan fingerprint density at radius 2 is 1.79 bits per heavy atom. The minimum atomic E-state index is -0.599. The van der Waals surface area contributed by atoms with Gasteiger partial charge in [0.2, 0.25) is 0 Å². The normalized spacial score (nSPS) is 13.0. The lowest BCUT2D eigenvalue weighted by atomic mass is 10.1. The molecule has 1 N–H and O–H groups in total. The van der Waals surface area contributed by atoms with Crippen molar-refractivity contribution in [1.29, 1.82) is 0 Å². The fourth-order valence-corrected chi connectivity index (χ4v) is 2.96. The summed E-state index contributed by atoms with van der Waals surface area (Å²) >= 11 is 0. The van der Waals surface area contributed by atoms with E-state index in [4.69, 9.17) is 0 Å². The molecular weight excluding hydrogens is 362 g/mol. The molecular formula is C20H19N3O5. The van der Waals surface area contributed by atoms with Crippen LogP contribution < -0.4 is 5.32 Å². The zero-order valence-electron chi connectivity index (χ0n) is 15.5. The molecule has 8 heteroatoms. The van der Waals surface area contributed by atoms with E-state index in [0.29, 0.717) is 18.9 Å². The van der Waals surface area contributed by atoms with Gasteiger partial charge in [-0.3, -0.25) is 29.4 Å². The second-order valence-corrected chi connectivity index (χ2v) is 6.93. The van der Waals surface area contributed by atoms with Crippen molar-refractivity contribution in [3.8, 4) is 0 Å². The van der Waals surface area contributed by atoms with Crippen LogP contribution >= 0.6 is 0 Å². The number of nitrogens with one attached hydrogen (secondary N) is 1. The number of fused-ring (bicyclic) bond motifs is 1. The van der Waals surface area contributed by atoms with E-state index in [9.17, 15) is 24.5 Å². The van der Waals surface area contributed by atoms with E-state index in [1.54, 1.807) is 6.07 Å². The summed E-state index contributed by atoms with van der Waals surface area (Å²) in [5.74, 6) is -1.06. The summed E-state index contributed by atoms with van der Waals surface area (Å²) in [5, 5.41) is 13.6. The molecule has 0 fully saturated rings. The van der Waals surface area contributed by atoms with Gasteiger partial charge in [-0.05, 0) is 36.6 Å². The van der Waals surface area contributed by atoms with Crippen LogP contribution in [0.2, 0.25) is 0 Å². The topological polar surface area (TPSA) is 110 Å². The molecule has 0 atom stereocenters. The molecule has 3 amide bonds. The number of amides is 3. The number of para-hydroxylation sites is 2. The highest BCUT2D eigenvalue weighted by atomic mass is 16.6. The van der Waals surface area contributed by atoms with Gasteiger partial charge in [-0.25, -0.2) is 0 Å². The van der Waals surface area contributed by atoms with E-state index in [2.05, 4.69) is 5.32 Å². The van der Waals surface area contributed by atoms with Gasteiger partial charge in [0.1, 0.15) is 5.69 Å². The zero-order chi connectivity index (χ0) is 20.4. The smallest absolute Gasteiger partial charge is 0.292 e. The highest BCUT2D eigenvalue weighted by Crippen LogP contribution is 2.27. The lowest BCUT2D eigenvalue weighted by molar-refractivity contribution is -0.383. The number of hydrogen-bond acceptors (Lipinski definition) is 5. The summed E-state index contributed by atoms with van der Waals surface area (Å²) < 4.78 is 0. The Kier molecular flexibility index (Phi) is 5.21. The quantitative estimate of drug-likeness (QED) is 0.468. The van der Waals surface area contributed by atoms with Crippen molar-refractivity contribution >= 4 is 29.1 Å². The van der Waals surface area contributed by atoms with Crippen LogP contribution in [-0.2, 0) is 0 Å². The molecule has 0 radical (unpaired) electrons. The first-order chi connectivity index (χ1) is 13.3. The first-order valence-electron chi connectivity index (χ1n) is 8.84. The molecule has 2 aromatic rings. The maximum Gasteiger partial charge on any atom is 0.292 e. The first kappa shape index (κ1) is 19.2. The Morgan fingerprint density at radius 3 is 2.46 bits per heavy atom. The summed E-state index contributed by atoms with van der Waals surface area (Å²) in [6.45, 7) is 4.33. The maximum atomic E-state index is 12.6. The molecule has 0 saturated carbocycles. The Balaban J connectivity index is 1.84. The minimum absolute atomic E-state index is 0.0546. The second-order valence-electron chi connectivity index (χ2n) is 6.93. The van der Waals surface area contributed by atoms with Crippen molar-refractivity contribution in [1.82, 2.24) is 4.90 Å². The van der Waals surface area contributed by atoms with Crippen molar-refractivity contribution in [2.45, 2.75) is 20.3 Å². The molecule has 3 rings (SSSR count). The van der Waals surface area contributed by atoms with Crippen LogP contribution in [0.3, 0.4) is 0 Å². The maximum absolute atomic E-state index is 12.6. The SMILES string of the molecule is CC(C)CCN1C(=O)c2ccc(C(=O)Nc3ccccc3[N+](=O)[O-])cc2C1=O. The van der Waals surface area contributed by atoms with Crippen LogP contribution in [0, 0.1) is 16.0 Å². The Morgan fingerprint density at radius 1 is 1.11 bits per heavy atom. The summed E-state index contributed by atoms with van der Waals surface area (Å²) in [4.78, 5) is 49.2. The molecule has 1 aliphatic heterocycles. The van der Waals surface area contributed by atoms with Gasteiger partial charge in [-0.2, -0.15) is 0 Å². The van der Waals surface area contributed by atoms with E-state index < -0.39 is 16.7 Å². The molecule has 2 aromatic carbocycles. The van der Waals surface area contributed by atoms with Crippen molar-refractivity contribution < 1.29 is 19.3 Å². The van der Waals surface area contributed by atoms with Gasteiger partial charge in [0.15, 0.2) is 0 Å². The fourth-order valence-electron chi connectivity index (χ4n) is 2.96. The third-order valence-corrected chi connectivity index (χ3v) is 4.51. The van der Waals surface area contributed by atoms with E-state index >= 15 is 0 Å². The van der Waals surface area contributed by atoms with Crippen LogP contribution in [-0.4, -0.2) is 34.1 Å². The molecule has 144 valence electrons. The van der Waals surface area contributed by atoms with E-state index in [-0.39, 0.29) is 34.0 Å². The lowest BCUT2D eigenvalue weighted by Gasteiger charge is -2.14. The lowest BCUT2D eigenvalue weighted by Crippen LogP contribution is -2.31. The Hall–Kier alpha value is -3.55. The molecule has 28 heavy (non-hydrogen) atoms. The molecule has 1 aliphatic rings. The van der Waals surface area contributed by atoms with Gasteiger partial charge in [-0.1, -0.05) is 26.0 Å². The number of nitro groups is 1. The molecule has 0 bridgehead atoms. The predicted octanol–water partition coefficient (Wildman–Crippen LogP) is 3.49. The van der Waals surface area contributed by atoms with E-state index in [1.807, 2.05) is 13.8 Å². The highest BCUT2D eigenvalue weighted by molar-refractivity contribution is 6.22. The van der Waals surface area contributed by atoms with E-state index in [1.165, 1.54) is 41.3 Å². The van der Waals surface area contributed by atoms with Crippen molar-refractivity contribution in [2.24, 2.45) is 5.92 Å². The number of hydrogen-bond donors (Lipinski definition) is 1. The number of benzene rings is 2. The molecule has 0 saturated heterocycles. The minimum Gasteiger partial charge on any atom is -0.316 e. The number of carbonyl (C=O) groups excluding carboxylic acids is 3. The van der Waals surface area contributed by atoms with Crippen LogP contribution in [0.1, 0.15) is 51.3 Å². The summed E-state index contributed by atoms with van der Waals surface area (Å²) in [6, 6.07) is 10.0. The van der Waals surface area contributed by atoms with Crippen LogP contribution in [0.15, 0.2) is 42.5 Å².